The van der Waals surface area contributed by atoms with Crippen molar-refractivity contribution < 1.29 is 19.4 Å². The van der Waals surface area contributed by atoms with Gasteiger partial charge in [-0.15, -0.1) is 0 Å². The van der Waals surface area contributed by atoms with Gasteiger partial charge in [0.05, 0.1) is 12.0 Å². The summed E-state index contributed by atoms with van der Waals surface area (Å²) in [5.74, 6) is -1.03. The molecule has 0 heterocycles. The maximum absolute atomic E-state index is 10.8. The number of hydrogen-bond donors (Lipinski definition) is 2. The first kappa shape index (κ1) is 12.9. The van der Waals surface area contributed by atoms with Gasteiger partial charge in [0.15, 0.2) is 0 Å². The fourth-order valence-electron chi connectivity index (χ4n) is 0.624. The van der Waals surface area contributed by atoms with E-state index < -0.39 is 11.4 Å². The van der Waals surface area contributed by atoms with Crippen LogP contribution in [0.15, 0.2) is 0 Å². The average Bonchev–Trinajstić information content (AvgIpc) is 2.11. The molecule has 0 aromatic rings. The van der Waals surface area contributed by atoms with Gasteiger partial charge in [-0.3, -0.25) is 9.59 Å². The van der Waals surface area contributed by atoms with Crippen molar-refractivity contribution in [1.29, 1.82) is 0 Å². The third kappa shape index (κ3) is 4.81. The Morgan fingerprint density at radius 1 is 1.43 bits per heavy atom. The van der Waals surface area contributed by atoms with Crippen LogP contribution in [0.3, 0.4) is 0 Å². The van der Waals surface area contributed by atoms with E-state index >= 15 is 0 Å². The zero-order chi connectivity index (χ0) is 11.2. The first-order valence-electron chi connectivity index (χ1n) is 4.48. The van der Waals surface area contributed by atoms with Crippen molar-refractivity contribution in [1.82, 2.24) is 5.32 Å². The van der Waals surface area contributed by atoms with Crippen LogP contribution in [-0.2, 0) is 14.3 Å². The number of amides is 1. The molecule has 0 spiro atoms. The quantitative estimate of drug-likeness (QED) is 0.489. The molecule has 0 fully saturated rings. The summed E-state index contributed by atoms with van der Waals surface area (Å²) < 4.78 is 5.02. The van der Waals surface area contributed by atoms with Gasteiger partial charge in [-0.25, -0.2) is 0 Å². The van der Waals surface area contributed by atoms with E-state index in [1.165, 1.54) is 0 Å². The second-order valence-corrected chi connectivity index (χ2v) is 3.64. The average molecular weight is 203 g/mol. The van der Waals surface area contributed by atoms with Gasteiger partial charge < -0.3 is 15.2 Å². The standard InChI is InChI=1S/C9H17NO4/c1-4-7(11)10-6-14-5-9(2,3)8(12)13/h4-6H2,1-3H3,(H,10,11)(H,12,13). The van der Waals surface area contributed by atoms with Crippen molar-refractivity contribution >= 4 is 11.9 Å². The highest BCUT2D eigenvalue weighted by Gasteiger charge is 2.27. The second-order valence-electron chi connectivity index (χ2n) is 3.64. The van der Waals surface area contributed by atoms with Gasteiger partial charge in [0.25, 0.3) is 0 Å². The molecule has 0 radical (unpaired) electrons. The lowest BCUT2D eigenvalue weighted by atomic mass is 9.95. The zero-order valence-corrected chi connectivity index (χ0v) is 8.79. The molecule has 2 N–H and O–H groups in total. The lowest BCUT2D eigenvalue weighted by Gasteiger charge is -2.18. The molecule has 0 unspecified atom stereocenters. The topological polar surface area (TPSA) is 75.6 Å². The number of aliphatic carboxylic acids is 1. The number of hydrogen-bond acceptors (Lipinski definition) is 3. The Morgan fingerprint density at radius 3 is 2.43 bits per heavy atom. The second kappa shape index (κ2) is 5.59. The Kier molecular flexibility index (Phi) is 5.15. The van der Waals surface area contributed by atoms with Gasteiger partial charge in [0, 0.05) is 6.42 Å². The van der Waals surface area contributed by atoms with Gasteiger partial charge in [-0.1, -0.05) is 6.92 Å². The van der Waals surface area contributed by atoms with Gasteiger partial charge >= 0.3 is 5.97 Å². The molecule has 5 nitrogen and oxygen atoms in total. The van der Waals surface area contributed by atoms with E-state index in [1.807, 2.05) is 0 Å². The molecule has 0 atom stereocenters. The largest absolute Gasteiger partial charge is 0.481 e. The van der Waals surface area contributed by atoms with Crippen LogP contribution in [0.2, 0.25) is 0 Å². The zero-order valence-electron chi connectivity index (χ0n) is 8.79. The summed E-state index contributed by atoms with van der Waals surface area (Å²) in [6, 6.07) is 0. The highest BCUT2D eigenvalue weighted by atomic mass is 16.5. The van der Waals surface area contributed by atoms with Gasteiger partial charge in [0.1, 0.15) is 6.73 Å². The summed E-state index contributed by atoms with van der Waals surface area (Å²) in [5, 5.41) is 11.2. The summed E-state index contributed by atoms with van der Waals surface area (Å²) in [7, 11) is 0. The molecule has 0 aromatic carbocycles. The Bertz CT molecular complexity index is 213. The number of rotatable bonds is 6. The number of nitrogens with one attached hydrogen (secondary N) is 1. The number of carboxylic acid groups (broad SMARTS) is 1. The molecule has 1 amide bonds. The molecule has 5 heteroatoms. The predicted molar refractivity (Wildman–Crippen MR) is 50.7 cm³/mol. The molecule has 0 rings (SSSR count). The van der Waals surface area contributed by atoms with Crippen LogP contribution in [0.25, 0.3) is 0 Å². The minimum atomic E-state index is -0.920. The summed E-state index contributed by atoms with van der Waals surface area (Å²) in [6.07, 6.45) is 0.395. The molecule has 0 aliphatic carbocycles. The fourth-order valence-corrected chi connectivity index (χ4v) is 0.624. The highest BCUT2D eigenvalue weighted by Crippen LogP contribution is 2.14. The predicted octanol–water partition coefficient (Wildman–Crippen LogP) is 0.597. The highest BCUT2D eigenvalue weighted by molar-refractivity contribution is 5.75. The molecule has 0 aliphatic rings. The number of carbonyl (C=O) groups is 2. The van der Waals surface area contributed by atoms with Crippen molar-refractivity contribution in [2.75, 3.05) is 13.3 Å². The normalized spacial score (nSPS) is 11.1. The molecule has 0 saturated carbocycles. The minimum absolute atomic E-state index is 0.0589. The maximum atomic E-state index is 10.8. The van der Waals surface area contributed by atoms with E-state index in [2.05, 4.69) is 5.32 Å². The number of carboxylic acids is 1. The molecule has 0 bridgehead atoms. The van der Waals surface area contributed by atoms with Crippen LogP contribution in [0.5, 0.6) is 0 Å². The number of carbonyl (C=O) groups excluding carboxylic acids is 1. The van der Waals surface area contributed by atoms with Crippen LogP contribution in [-0.4, -0.2) is 30.3 Å². The van der Waals surface area contributed by atoms with Gasteiger partial charge in [-0.05, 0) is 13.8 Å². The monoisotopic (exact) mass is 203 g/mol. The third-order valence-corrected chi connectivity index (χ3v) is 1.73. The van der Waals surface area contributed by atoms with Crippen LogP contribution in [0, 0.1) is 5.41 Å². The summed E-state index contributed by atoms with van der Waals surface area (Å²) in [5.41, 5.74) is -0.920. The molecule has 0 aliphatic heterocycles. The molecule has 14 heavy (non-hydrogen) atoms. The molecular formula is C9H17NO4. The van der Waals surface area contributed by atoms with Crippen LogP contribution in [0.4, 0.5) is 0 Å². The molecule has 82 valence electrons. The first-order chi connectivity index (χ1) is 6.40. The molecular weight excluding hydrogens is 186 g/mol. The SMILES string of the molecule is CCC(=O)NCOCC(C)(C)C(=O)O. The third-order valence-electron chi connectivity index (χ3n) is 1.73. The van der Waals surface area contributed by atoms with E-state index in [0.717, 1.165) is 0 Å². The van der Waals surface area contributed by atoms with Gasteiger partial charge in [0.2, 0.25) is 5.91 Å². The molecule has 0 saturated heterocycles. The Labute approximate surface area is 83.4 Å². The van der Waals surface area contributed by atoms with Crippen LogP contribution >= 0.6 is 0 Å². The van der Waals surface area contributed by atoms with E-state index in [0.29, 0.717) is 6.42 Å². The van der Waals surface area contributed by atoms with Crippen molar-refractivity contribution in [3.63, 3.8) is 0 Å². The Hall–Kier alpha value is -1.10. The van der Waals surface area contributed by atoms with Crippen molar-refractivity contribution in [3.8, 4) is 0 Å². The van der Waals surface area contributed by atoms with Crippen molar-refractivity contribution in [2.45, 2.75) is 27.2 Å². The summed E-state index contributed by atoms with van der Waals surface area (Å²) >= 11 is 0. The first-order valence-corrected chi connectivity index (χ1v) is 4.48. The minimum Gasteiger partial charge on any atom is -0.481 e. The lowest BCUT2D eigenvalue weighted by Crippen LogP contribution is -2.33. The summed E-state index contributed by atoms with van der Waals surface area (Å²) in [4.78, 5) is 21.4. The Balaban J connectivity index is 3.64. The van der Waals surface area contributed by atoms with Crippen molar-refractivity contribution in [2.24, 2.45) is 5.41 Å². The van der Waals surface area contributed by atoms with Crippen molar-refractivity contribution in [3.05, 3.63) is 0 Å². The van der Waals surface area contributed by atoms with E-state index in [-0.39, 0.29) is 19.2 Å². The Morgan fingerprint density at radius 2 is 2.00 bits per heavy atom. The fraction of sp³-hybridized carbons (Fsp3) is 0.778. The van der Waals surface area contributed by atoms with Gasteiger partial charge in [-0.2, -0.15) is 0 Å². The lowest BCUT2D eigenvalue weighted by molar-refractivity contribution is -0.150. The van der Waals surface area contributed by atoms with E-state index in [9.17, 15) is 9.59 Å². The smallest absolute Gasteiger partial charge is 0.311 e. The molecule has 0 aromatic heterocycles. The van der Waals surface area contributed by atoms with Crippen LogP contribution in [0.1, 0.15) is 27.2 Å². The van der Waals surface area contributed by atoms with Crippen LogP contribution < -0.4 is 5.32 Å². The number of ether oxygens (including phenoxy) is 1. The van der Waals surface area contributed by atoms with E-state index in [1.54, 1.807) is 20.8 Å². The maximum Gasteiger partial charge on any atom is 0.311 e. The summed E-state index contributed by atoms with van der Waals surface area (Å²) in [6.45, 7) is 5.00. The van der Waals surface area contributed by atoms with E-state index in [4.69, 9.17) is 9.84 Å².